The fraction of sp³-hybridized carbons (Fsp3) is 0.125. The minimum absolute atomic E-state index is 0.0206. The van der Waals surface area contributed by atoms with E-state index in [9.17, 15) is 22.4 Å². The van der Waals surface area contributed by atoms with Gasteiger partial charge >= 0.3 is 5.97 Å². The van der Waals surface area contributed by atoms with Crippen molar-refractivity contribution in [2.24, 2.45) is 5.73 Å². The molecular weight excluding hydrogens is 367 g/mol. The van der Waals surface area contributed by atoms with Crippen molar-refractivity contribution in [3.05, 3.63) is 53.3 Å². The summed E-state index contributed by atoms with van der Waals surface area (Å²) in [7, 11) is -2.05. The van der Waals surface area contributed by atoms with Gasteiger partial charge in [0.2, 0.25) is 5.91 Å². The largest absolute Gasteiger partial charge is 0.495 e. The van der Waals surface area contributed by atoms with E-state index in [1.54, 1.807) is 0 Å². The number of amides is 1. The van der Waals surface area contributed by atoms with Crippen molar-refractivity contribution in [3.8, 4) is 5.75 Å². The van der Waals surface area contributed by atoms with Crippen LogP contribution in [0.4, 0.5) is 10.1 Å². The van der Waals surface area contributed by atoms with Gasteiger partial charge in [0, 0.05) is 5.56 Å². The predicted molar refractivity (Wildman–Crippen MR) is 90.1 cm³/mol. The Morgan fingerprint density at radius 3 is 2.31 bits per heavy atom. The molecule has 26 heavy (non-hydrogen) atoms. The molecule has 2 aromatic rings. The second-order valence-corrected chi connectivity index (χ2v) is 6.67. The fourth-order valence-corrected chi connectivity index (χ4v) is 3.26. The highest BCUT2D eigenvalue weighted by Crippen LogP contribution is 2.29. The summed E-state index contributed by atoms with van der Waals surface area (Å²) in [6, 6.07) is 6.59. The number of halogens is 1. The number of esters is 1. The molecule has 0 spiro atoms. The molecule has 0 bridgehead atoms. The Balaban J connectivity index is 2.51. The van der Waals surface area contributed by atoms with Crippen molar-refractivity contribution in [2.45, 2.75) is 4.90 Å². The van der Waals surface area contributed by atoms with Gasteiger partial charge < -0.3 is 15.2 Å². The first-order valence-corrected chi connectivity index (χ1v) is 8.56. The number of methoxy groups -OCH3 is 2. The molecule has 10 heteroatoms. The SMILES string of the molecule is COC(=O)c1ccc(F)c(S(=O)(=O)Nc2cc(C(N)=O)ccc2OC)c1. The molecule has 138 valence electrons. The van der Waals surface area contributed by atoms with Crippen molar-refractivity contribution < 1.29 is 31.9 Å². The molecule has 0 fully saturated rings. The van der Waals surface area contributed by atoms with E-state index in [1.807, 2.05) is 0 Å². The number of hydrogen-bond acceptors (Lipinski definition) is 6. The summed E-state index contributed by atoms with van der Waals surface area (Å²) in [5.74, 6) is -2.60. The molecule has 0 saturated carbocycles. The van der Waals surface area contributed by atoms with Crippen molar-refractivity contribution >= 4 is 27.6 Å². The average molecular weight is 382 g/mol. The zero-order valence-electron chi connectivity index (χ0n) is 13.8. The topological polar surface area (TPSA) is 125 Å². The number of hydrogen-bond donors (Lipinski definition) is 2. The van der Waals surface area contributed by atoms with E-state index in [0.29, 0.717) is 0 Å². The maximum atomic E-state index is 14.0. The molecule has 0 saturated heterocycles. The molecule has 2 aromatic carbocycles. The van der Waals surface area contributed by atoms with Crippen LogP contribution >= 0.6 is 0 Å². The smallest absolute Gasteiger partial charge is 0.337 e. The van der Waals surface area contributed by atoms with Gasteiger partial charge in [0.05, 0.1) is 25.5 Å². The molecule has 0 aromatic heterocycles. The summed E-state index contributed by atoms with van der Waals surface area (Å²) in [5.41, 5.74) is 4.93. The maximum Gasteiger partial charge on any atom is 0.337 e. The number of nitrogens with two attached hydrogens (primary N) is 1. The second kappa shape index (κ2) is 7.40. The first-order valence-electron chi connectivity index (χ1n) is 7.08. The highest BCUT2D eigenvalue weighted by atomic mass is 32.2. The first-order chi connectivity index (χ1) is 12.2. The van der Waals surface area contributed by atoms with Crippen molar-refractivity contribution in [3.63, 3.8) is 0 Å². The standard InChI is InChI=1S/C16H15FN2O6S/c1-24-13-6-4-9(15(18)20)7-12(13)19-26(22,23)14-8-10(16(21)25-2)3-5-11(14)17/h3-8,19H,1-2H3,(H2,18,20). The lowest BCUT2D eigenvalue weighted by Gasteiger charge is -2.13. The Morgan fingerprint density at radius 1 is 1.08 bits per heavy atom. The molecule has 0 radical (unpaired) electrons. The van der Waals surface area contributed by atoms with Crippen LogP contribution in [0.2, 0.25) is 0 Å². The fourth-order valence-electron chi connectivity index (χ4n) is 2.09. The Hall–Kier alpha value is -3.14. The molecule has 3 N–H and O–H groups in total. The van der Waals surface area contributed by atoms with Crippen molar-refractivity contribution in [1.82, 2.24) is 0 Å². The monoisotopic (exact) mass is 382 g/mol. The van der Waals surface area contributed by atoms with Crippen LogP contribution in [-0.2, 0) is 14.8 Å². The Labute approximate surface area is 148 Å². The van der Waals surface area contributed by atoms with Gasteiger partial charge in [0.25, 0.3) is 10.0 Å². The summed E-state index contributed by atoms with van der Waals surface area (Å²) in [6.45, 7) is 0. The molecule has 0 atom stereocenters. The highest BCUT2D eigenvalue weighted by molar-refractivity contribution is 7.92. The van der Waals surface area contributed by atoms with Crippen molar-refractivity contribution in [2.75, 3.05) is 18.9 Å². The lowest BCUT2D eigenvalue weighted by molar-refractivity contribution is 0.0600. The van der Waals surface area contributed by atoms with E-state index < -0.39 is 32.6 Å². The van der Waals surface area contributed by atoms with Gasteiger partial charge in [0.1, 0.15) is 16.5 Å². The van der Waals surface area contributed by atoms with Gasteiger partial charge in [-0.05, 0) is 36.4 Å². The highest BCUT2D eigenvalue weighted by Gasteiger charge is 2.23. The zero-order valence-corrected chi connectivity index (χ0v) is 14.6. The minimum Gasteiger partial charge on any atom is -0.495 e. The van der Waals surface area contributed by atoms with E-state index in [1.165, 1.54) is 19.2 Å². The molecule has 0 heterocycles. The van der Waals surface area contributed by atoms with Crippen LogP contribution < -0.4 is 15.2 Å². The normalized spacial score (nSPS) is 10.9. The third-order valence-electron chi connectivity index (χ3n) is 3.37. The number of benzene rings is 2. The third-order valence-corrected chi connectivity index (χ3v) is 4.75. The molecule has 0 aliphatic carbocycles. The average Bonchev–Trinajstić information content (AvgIpc) is 2.60. The Kier molecular flexibility index (Phi) is 5.46. The van der Waals surface area contributed by atoms with Crippen LogP contribution in [0.15, 0.2) is 41.3 Å². The van der Waals surface area contributed by atoms with E-state index in [0.717, 1.165) is 31.4 Å². The quantitative estimate of drug-likeness (QED) is 0.730. The lowest BCUT2D eigenvalue weighted by Crippen LogP contribution is -2.17. The van der Waals surface area contributed by atoms with Crippen LogP contribution in [0.3, 0.4) is 0 Å². The summed E-state index contributed by atoms with van der Waals surface area (Å²) in [4.78, 5) is 22.1. The number of anilines is 1. The number of ether oxygens (including phenoxy) is 2. The first kappa shape index (κ1) is 19.2. The summed E-state index contributed by atoms with van der Waals surface area (Å²) >= 11 is 0. The van der Waals surface area contributed by atoms with Crippen LogP contribution in [0.5, 0.6) is 5.75 Å². The van der Waals surface area contributed by atoms with Crippen LogP contribution in [0.25, 0.3) is 0 Å². The zero-order chi connectivity index (χ0) is 19.5. The Bertz CT molecular complexity index is 975. The molecular formula is C16H15FN2O6S. The van der Waals surface area contributed by atoms with E-state index in [-0.39, 0.29) is 22.6 Å². The predicted octanol–water partition coefficient (Wildman–Crippen LogP) is 1.52. The van der Waals surface area contributed by atoms with E-state index >= 15 is 0 Å². The summed E-state index contributed by atoms with van der Waals surface area (Å²) in [6.07, 6.45) is 0. The van der Waals surface area contributed by atoms with Gasteiger partial charge in [-0.15, -0.1) is 0 Å². The molecule has 0 aliphatic rings. The van der Waals surface area contributed by atoms with Gasteiger partial charge in [-0.2, -0.15) is 0 Å². The van der Waals surface area contributed by atoms with Crippen LogP contribution in [0, 0.1) is 5.82 Å². The maximum absolute atomic E-state index is 14.0. The van der Waals surface area contributed by atoms with Gasteiger partial charge in [-0.3, -0.25) is 9.52 Å². The third kappa shape index (κ3) is 3.91. The number of primary amides is 1. The van der Waals surface area contributed by atoms with Crippen LogP contribution in [-0.4, -0.2) is 34.5 Å². The van der Waals surface area contributed by atoms with Gasteiger partial charge in [-0.25, -0.2) is 17.6 Å². The number of carbonyl (C=O) groups excluding carboxylic acids is 2. The lowest BCUT2D eigenvalue weighted by atomic mass is 10.2. The molecule has 0 aliphatic heterocycles. The number of carbonyl (C=O) groups is 2. The van der Waals surface area contributed by atoms with Crippen molar-refractivity contribution in [1.29, 1.82) is 0 Å². The molecule has 0 unspecified atom stereocenters. The van der Waals surface area contributed by atoms with E-state index in [4.69, 9.17) is 10.5 Å². The molecule has 8 nitrogen and oxygen atoms in total. The summed E-state index contributed by atoms with van der Waals surface area (Å²) < 4.78 is 50.8. The summed E-state index contributed by atoms with van der Waals surface area (Å²) in [5, 5.41) is 0. The molecule has 1 amide bonds. The number of sulfonamides is 1. The van der Waals surface area contributed by atoms with E-state index in [2.05, 4.69) is 9.46 Å². The number of nitrogens with one attached hydrogen (secondary N) is 1. The molecule has 2 rings (SSSR count). The minimum atomic E-state index is -4.45. The number of rotatable bonds is 6. The van der Waals surface area contributed by atoms with Crippen LogP contribution in [0.1, 0.15) is 20.7 Å². The Morgan fingerprint density at radius 2 is 1.73 bits per heavy atom. The van der Waals surface area contributed by atoms with Gasteiger partial charge in [0.15, 0.2) is 0 Å². The second-order valence-electron chi connectivity index (χ2n) is 5.02. The van der Waals surface area contributed by atoms with Gasteiger partial charge in [-0.1, -0.05) is 0 Å².